The zero-order chi connectivity index (χ0) is 13.9. The second kappa shape index (κ2) is 5.76. The van der Waals surface area contributed by atoms with Gasteiger partial charge in [0.15, 0.2) is 10.8 Å². The average molecular weight is 293 g/mol. The summed E-state index contributed by atoms with van der Waals surface area (Å²) in [6, 6.07) is 1.66. The molecular formula is C14H15NO4S. The van der Waals surface area contributed by atoms with Crippen molar-refractivity contribution in [3.8, 4) is 10.8 Å². The van der Waals surface area contributed by atoms with Crippen LogP contribution in [-0.4, -0.2) is 31.3 Å². The van der Waals surface area contributed by atoms with Crippen LogP contribution in [0.15, 0.2) is 22.1 Å². The van der Waals surface area contributed by atoms with Gasteiger partial charge in [0.25, 0.3) is 0 Å². The predicted molar refractivity (Wildman–Crippen MR) is 73.8 cm³/mol. The van der Waals surface area contributed by atoms with Gasteiger partial charge in [-0.3, -0.25) is 0 Å². The molecule has 0 amide bonds. The second-order valence-corrected chi connectivity index (χ2v) is 5.63. The smallest absolute Gasteiger partial charge is 0.341 e. The van der Waals surface area contributed by atoms with Crippen molar-refractivity contribution in [3.05, 3.63) is 29.0 Å². The summed E-state index contributed by atoms with van der Waals surface area (Å²) in [5.41, 5.74) is 1.46. The van der Waals surface area contributed by atoms with Gasteiger partial charge >= 0.3 is 5.97 Å². The van der Waals surface area contributed by atoms with Crippen LogP contribution in [-0.2, 0) is 15.9 Å². The molecule has 2 aromatic heterocycles. The molecule has 1 unspecified atom stereocenters. The molecule has 0 saturated carbocycles. The van der Waals surface area contributed by atoms with Crippen LogP contribution in [0.4, 0.5) is 0 Å². The van der Waals surface area contributed by atoms with Crippen LogP contribution in [0.1, 0.15) is 22.5 Å². The number of hydrogen-bond acceptors (Lipinski definition) is 6. The Hall–Kier alpha value is -1.66. The van der Waals surface area contributed by atoms with E-state index in [0.29, 0.717) is 17.2 Å². The second-order valence-electron chi connectivity index (χ2n) is 4.77. The summed E-state index contributed by atoms with van der Waals surface area (Å²) in [6.45, 7) is 1.67. The van der Waals surface area contributed by atoms with Gasteiger partial charge in [-0.1, -0.05) is 0 Å². The van der Waals surface area contributed by atoms with Gasteiger partial charge in [-0.25, -0.2) is 9.78 Å². The number of hydrogen-bond donors (Lipinski definition) is 0. The lowest BCUT2D eigenvalue weighted by Gasteiger charge is -2.02. The first-order valence-electron chi connectivity index (χ1n) is 6.45. The molecule has 1 atom stereocenters. The number of aromatic nitrogens is 1. The molecule has 0 spiro atoms. The fraction of sp³-hybridized carbons (Fsp3) is 0.429. The number of thiazole rings is 1. The highest BCUT2D eigenvalue weighted by molar-refractivity contribution is 7.13. The van der Waals surface area contributed by atoms with Crippen molar-refractivity contribution in [2.75, 3.05) is 20.3 Å². The topological polar surface area (TPSA) is 61.6 Å². The Morgan fingerprint density at radius 3 is 3.25 bits per heavy atom. The highest BCUT2D eigenvalue weighted by Gasteiger charge is 2.19. The minimum Gasteiger partial charge on any atom is -0.465 e. The first-order chi connectivity index (χ1) is 9.76. The normalized spacial score (nSPS) is 18.4. The van der Waals surface area contributed by atoms with Gasteiger partial charge in [0.05, 0.1) is 18.4 Å². The monoisotopic (exact) mass is 293 g/mol. The zero-order valence-corrected chi connectivity index (χ0v) is 11.9. The largest absolute Gasteiger partial charge is 0.465 e. The molecule has 0 aromatic carbocycles. The van der Waals surface area contributed by atoms with Crippen LogP contribution >= 0.6 is 11.3 Å². The Morgan fingerprint density at radius 2 is 2.50 bits per heavy atom. The van der Waals surface area contributed by atoms with E-state index in [1.54, 1.807) is 6.07 Å². The molecule has 2 aromatic rings. The van der Waals surface area contributed by atoms with Crippen LogP contribution in [0.25, 0.3) is 10.8 Å². The molecule has 0 N–H and O–H groups in total. The lowest BCUT2D eigenvalue weighted by molar-refractivity contribution is 0.0600. The molecule has 0 bridgehead atoms. The van der Waals surface area contributed by atoms with Crippen molar-refractivity contribution >= 4 is 17.3 Å². The lowest BCUT2D eigenvalue weighted by Crippen LogP contribution is -2.03. The maximum absolute atomic E-state index is 11.4. The summed E-state index contributed by atoms with van der Waals surface area (Å²) in [5, 5.41) is 2.82. The molecule has 0 radical (unpaired) electrons. The molecule has 1 fully saturated rings. The Morgan fingerprint density at radius 1 is 1.60 bits per heavy atom. The standard InChI is InChI=1S/C14H15NO4S/c1-17-14(16)10-5-12(19-7-10)13-15-11(8-20-13)4-9-2-3-18-6-9/h5,7-9H,2-4,6H2,1H3. The maximum Gasteiger partial charge on any atom is 0.341 e. The number of esters is 1. The van der Waals surface area contributed by atoms with Gasteiger partial charge in [0.1, 0.15) is 6.26 Å². The van der Waals surface area contributed by atoms with Gasteiger partial charge in [0, 0.05) is 24.7 Å². The first-order valence-corrected chi connectivity index (χ1v) is 7.33. The summed E-state index contributed by atoms with van der Waals surface area (Å²) >= 11 is 1.52. The Balaban J connectivity index is 1.72. The lowest BCUT2D eigenvalue weighted by atomic mass is 10.0. The summed E-state index contributed by atoms with van der Waals surface area (Å²) < 4.78 is 15.4. The van der Waals surface area contributed by atoms with Crippen molar-refractivity contribution in [2.45, 2.75) is 12.8 Å². The third kappa shape index (κ3) is 2.76. The number of furan rings is 1. The number of nitrogens with zero attached hydrogens (tertiary/aromatic N) is 1. The predicted octanol–water partition coefficient (Wildman–Crippen LogP) is 2.77. The summed E-state index contributed by atoms with van der Waals surface area (Å²) in [7, 11) is 1.35. The van der Waals surface area contributed by atoms with E-state index in [1.165, 1.54) is 24.7 Å². The van der Waals surface area contributed by atoms with Gasteiger partial charge in [-0.15, -0.1) is 11.3 Å². The van der Waals surface area contributed by atoms with E-state index in [2.05, 4.69) is 9.72 Å². The maximum atomic E-state index is 11.4. The van der Waals surface area contributed by atoms with Crippen LogP contribution in [0, 0.1) is 5.92 Å². The molecule has 0 aliphatic carbocycles. The minimum absolute atomic E-state index is 0.403. The van der Waals surface area contributed by atoms with E-state index in [9.17, 15) is 4.79 Å². The molecule has 1 aliphatic heterocycles. The van der Waals surface area contributed by atoms with Crippen molar-refractivity contribution in [2.24, 2.45) is 5.92 Å². The van der Waals surface area contributed by atoms with Crippen molar-refractivity contribution in [1.82, 2.24) is 4.98 Å². The molecule has 6 heteroatoms. The minimum atomic E-state index is -0.403. The van der Waals surface area contributed by atoms with Crippen molar-refractivity contribution in [3.63, 3.8) is 0 Å². The molecule has 1 saturated heterocycles. The molecule has 5 nitrogen and oxygen atoms in total. The van der Waals surface area contributed by atoms with Gasteiger partial charge < -0.3 is 13.9 Å². The Labute approximate surface area is 120 Å². The highest BCUT2D eigenvalue weighted by atomic mass is 32.1. The van der Waals surface area contributed by atoms with Gasteiger partial charge in [-0.2, -0.15) is 0 Å². The highest BCUT2D eigenvalue weighted by Crippen LogP contribution is 2.28. The quantitative estimate of drug-likeness (QED) is 0.811. The fourth-order valence-electron chi connectivity index (χ4n) is 2.23. The van der Waals surface area contributed by atoms with Crippen LogP contribution < -0.4 is 0 Å². The molecule has 20 heavy (non-hydrogen) atoms. The number of rotatable bonds is 4. The zero-order valence-electron chi connectivity index (χ0n) is 11.1. The third-order valence-electron chi connectivity index (χ3n) is 3.30. The summed E-state index contributed by atoms with van der Waals surface area (Å²) in [6.07, 6.45) is 3.42. The van der Waals surface area contributed by atoms with Gasteiger partial charge in [-0.05, 0) is 18.8 Å². The molecule has 3 rings (SSSR count). The Kier molecular flexibility index (Phi) is 3.84. The first kappa shape index (κ1) is 13.3. The third-order valence-corrected chi connectivity index (χ3v) is 4.21. The van der Waals surface area contributed by atoms with E-state index >= 15 is 0 Å². The van der Waals surface area contributed by atoms with Crippen LogP contribution in [0.3, 0.4) is 0 Å². The molecule has 1 aliphatic rings. The number of ether oxygens (including phenoxy) is 2. The number of methoxy groups -OCH3 is 1. The van der Waals surface area contributed by atoms with E-state index in [4.69, 9.17) is 9.15 Å². The van der Waals surface area contributed by atoms with E-state index in [-0.39, 0.29) is 0 Å². The number of carbonyl (C=O) groups excluding carboxylic acids is 1. The fourth-order valence-corrected chi connectivity index (χ4v) is 3.02. The molecule has 3 heterocycles. The number of carbonyl (C=O) groups is 1. The van der Waals surface area contributed by atoms with Crippen molar-refractivity contribution in [1.29, 1.82) is 0 Å². The van der Waals surface area contributed by atoms with Gasteiger partial charge in [0.2, 0.25) is 0 Å². The van der Waals surface area contributed by atoms with E-state index in [1.807, 2.05) is 5.38 Å². The molecular weight excluding hydrogens is 278 g/mol. The van der Waals surface area contributed by atoms with Crippen LogP contribution in [0.2, 0.25) is 0 Å². The average Bonchev–Trinajstić information content (AvgIpc) is 3.18. The summed E-state index contributed by atoms with van der Waals surface area (Å²) in [4.78, 5) is 15.9. The van der Waals surface area contributed by atoms with Crippen LogP contribution in [0.5, 0.6) is 0 Å². The van der Waals surface area contributed by atoms with E-state index in [0.717, 1.165) is 36.8 Å². The van der Waals surface area contributed by atoms with Crippen molar-refractivity contribution < 1.29 is 18.7 Å². The molecule has 106 valence electrons. The van der Waals surface area contributed by atoms with E-state index < -0.39 is 5.97 Å². The Bertz CT molecular complexity index is 598. The summed E-state index contributed by atoms with van der Waals surface area (Å²) in [5.74, 6) is 0.761. The SMILES string of the molecule is COC(=O)c1coc(-c2nc(CC3CCOC3)cs2)c1.